The Balaban J connectivity index is 1.34. The molecular weight excluding hydrogens is 392 g/mol. The second kappa shape index (κ2) is 7.86. The Morgan fingerprint density at radius 3 is 2.33 bits per heavy atom. The number of esters is 1. The number of fused-ring (bicyclic) bond motifs is 2. The van der Waals surface area contributed by atoms with Crippen LogP contribution in [0.1, 0.15) is 27.6 Å². The van der Waals surface area contributed by atoms with Gasteiger partial charge < -0.3 is 19.5 Å². The van der Waals surface area contributed by atoms with Gasteiger partial charge in [-0.15, -0.1) is 0 Å². The number of carbonyl (C=O) groups is 4. The quantitative estimate of drug-likeness (QED) is 0.589. The summed E-state index contributed by atoms with van der Waals surface area (Å²) >= 11 is 0. The van der Waals surface area contributed by atoms with Gasteiger partial charge in [0, 0.05) is 11.8 Å². The van der Waals surface area contributed by atoms with Crippen molar-refractivity contribution >= 4 is 29.4 Å². The second-order valence-corrected chi connectivity index (χ2v) is 6.72. The van der Waals surface area contributed by atoms with Crippen molar-refractivity contribution in [2.24, 2.45) is 0 Å². The topological polar surface area (TPSA) is 111 Å². The lowest BCUT2D eigenvalue weighted by molar-refractivity contribution is -0.153. The van der Waals surface area contributed by atoms with Gasteiger partial charge in [-0.2, -0.15) is 0 Å². The summed E-state index contributed by atoms with van der Waals surface area (Å²) in [5, 5.41) is 2.62. The van der Waals surface area contributed by atoms with E-state index in [1.165, 1.54) is 19.1 Å². The highest BCUT2D eigenvalue weighted by Gasteiger charge is 2.37. The molecule has 0 aliphatic carbocycles. The second-order valence-electron chi connectivity index (χ2n) is 6.72. The average Bonchev–Trinajstić information content (AvgIpc) is 2.98. The maximum absolute atomic E-state index is 12.4. The number of ether oxygens (including phenoxy) is 3. The summed E-state index contributed by atoms with van der Waals surface area (Å²) in [6.07, 6.45) is -1.14. The minimum absolute atomic E-state index is 0.236. The van der Waals surface area contributed by atoms with Crippen molar-refractivity contribution in [3.63, 3.8) is 0 Å². The van der Waals surface area contributed by atoms with Crippen LogP contribution in [0, 0.1) is 0 Å². The molecule has 0 unspecified atom stereocenters. The highest BCUT2D eigenvalue weighted by molar-refractivity contribution is 6.22. The van der Waals surface area contributed by atoms with Gasteiger partial charge in [0.05, 0.1) is 11.1 Å². The Kier molecular flexibility index (Phi) is 5.09. The number of imide groups is 1. The van der Waals surface area contributed by atoms with Crippen LogP contribution < -0.4 is 14.8 Å². The molecular formula is C21H18N2O7. The number of rotatable bonds is 5. The molecule has 0 saturated carbocycles. The molecule has 2 aliphatic rings. The van der Waals surface area contributed by atoms with E-state index in [0.29, 0.717) is 30.4 Å². The Hall–Kier alpha value is -3.88. The van der Waals surface area contributed by atoms with Crippen molar-refractivity contribution in [1.82, 2.24) is 4.90 Å². The van der Waals surface area contributed by atoms with Crippen molar-refractivity contribution in [3.8, 4) is 11.5 Å². The fourth-order valence-electron chi connectivity index (χ4n) is 3.16. The van der Waals surface area contributed by atoms with Crippen LogP contribution in [0.2, 0.25) is 0 Å². The molecule has 9 nitrogen and oxygen atoms in total. The fourth-order valence-corrected chi connectivity index (χ4v) is 3.16. The molecule has 9 heteroatoms. The molecule has 1 atom stereocenters. The first-order valence-electron chi connectivity index (χ1n) is 9.29. The zero-order chi connectivity index (χ0) is 21.3. The van der Waals surface area contributed by atoms with Crippen molar-refractivity contribution in [2.45, 2.75) is 13.0 Å². The van der Waals surface area contributed by atoms with Gasteiger partial charge in [0.25, 0.3) is 17.7 Å². The monoisotopic (exact) mass is 410 g/mol. The van der Waals surface area contributed by atoms with Crippen molar-refractivity contribution in [2.75, 3.05) is 25.1 Å². The highest BCUT2D eigenvalue weighted by atomic mass is 16.6. The summed E-state index contributed by atoms with van der Waals surface area (Å²) in [6.45, 7) is 1.69. The molecule has 2 aliphatic heterocycles. The van der Waals surface area contributed by atoms with Crippen molar-refractivity contribution in [1.29, 1.82) is 0 Å². The van der Waals surface area contributed by atoms with Gasteiger partial charge in [0.15, 0.2) is 17.6 Å². The van der Waals surface area contributed by atoms with Gasteiger partial charge in [0.1, 0.15) is 19.8 Å². The lowest BCUT2D eigenvalue weighted by Crippen LogP contribution is -2.38. The first-order chi connectivity index (χ1) is 14.4. The molecule has 0 radical (unpaired) electrons. The van der Waals surface area contributed by atoms with Gasteiger partial charge in [-0.25, -0.2) is 0 Å². The zero-order valence-corrected chi connectivity index (χ0v) is 16.0. The molecule has 3 amide bonds. The van der Waals surface area contributed by atoms with E-state index >= 15 is 0 Å². The van der Waals surface area contributed by atoms with Crippen LogP contribution in [0.4, 0.5) is 5.69 Å². The van der Waals surface area contributed by atoms with Crippen LogP contribution in [-0.4, -0.2) is 54.5 Å². The number of hydrogen-bond acceptors (Lipinski definition) is 7. The smallest absolute Gasteiger partial charge is 0.326 e. The number of hydrogen-bond donors (Lipinski definition) is 1. The average molecular weight is 410 g/mol. The molecule has 0 fully saturated rings. The van der Waals surface area contributed by atoms with Gasteiger partial charge in [0.2, 0.25) is 0 Å². The van der Waals surface area contributed by atoms with Gasteiger partial charge in [-0.1, -0.05) is 12.1 Å². The Bertz CT molecular complexity index is 1010. The van der Waals surface area contributed by atoms with E-state index < -0.39 is 36.3 Å². The molecule has 0 saturated heterocycles. The number of amides is 3. The summed E-state index contributed by atoms with van der Waals surface area (Å²) in [6, 6.07) is 11.2. The lowest BCUT2D eigenvalue weighted by atomic mass is 10.1. The van der Waals surface area contributed by atoms with Crippen LogP contribution in [0.25, 0.3) is 0 Å². The third-order valence-corrected chi connectivity index (χ3v) is 4.65. The first-order valence-corrected chi connectivity index (χ1v) is 9.29. The standard InChI is InChI=1S/C21H18N2O7/c1-12(19(25)22-13-6-7-16-17(10-13)29-9-8-28-16)30-18(24)11-23-20(26)14-4-2-3-5-15(14)21(23)27/h2-7,10,12H,8-9,11H2,1H3,(H,22,25)/t12-/m1/s1. The Morgan fingerprint density at radius 1 is 1.03 bits per heavy atom. The molecule has 2 aromatic rings. The maximum Gasteiger partial charge on any atom is 0.326 e. The summed E-state index contributed by atoms with van der Waals surface area (Å²) < 4.78 is 16.0. The molecule has 154 valence electrons. The first kappa shape index (κ1) is 19.4. The van der Waals surface area contributed by atoms with Crippen LogP contribution in [-0.2, 0) is 14.3 Å². The van der Waals surface area contributed by atoms with Crippen molar-refractivity contribution in [3.05, 3.63) is 53.6 Å². The van der Waals surface area contributed by atoms with E-state index in [4.69, 9.17) is 14.2 Å². The predicted molar refractivity (Wildman–Crippen MR) is 103 cm³/mol. The van der Waals surface area contributed by atoms with Gasteiger partial charge in [-0.05, 0) is 31.2 Å². The maximum atomic E-state index is 12.4. The predicted octanol–water partition coefficient (Wildman–Crippen LogP) is 1.62. The molecule has 4 rings (SSSR count). The third kappa shape index (κ3) is 3.69. The van der Waals surface area contributed by atoms with E-state index in [1.807, 2.05) is 0 Å². The zero-order valence-electron chi connectivity index (χ0n) is 16.0. The summed E-state index contributed by atoms with van der Waals surface area (Å²) in [7, 11) is 0. The normalized spacial score (nSPS) is 15.4. The van der Waals surface area contributed by atoms with E-state index in [1.54, 1.807) is 30.3 Å². The largest absolute Gasteiger partial charge is 0.486 e. The number of carbonyl (C=O) groups excluding carboxylic acids is 4. The molecule has 1 N–H and O–H groups in total. The molecule has 0 bridgehead atoms. The minimum Gasteiger partial charge on any atom is -0.486 e. The van der Waals surface area contributed by atoms with Gasteiger partial charge >= 0.3 is 5.97 Å². The Morgan fingerprint density at radius 2 is 1.67 bits per heavy atom. The van der Waals surface area contributed by atoms with E-state index in [0.717, 1.165) is 4.90 Å². The number of nitrogens with zero attached hydrogens (tertiary/aromatic N) is 1. The van der Waals surface area contributed by atoms with Gasteiger partial charge in [-0.3, -0.25) is 24.1 Å². The third-order valence-electron chi connectivity index (χ3n) is 4.65. The summed E-state index contributed by atoms with van der Waals surface area (Å²) in [5.41, 5.74) is 0.923. The lowest BCUT2D eigenvalue weighted by Gasteiger charge is -2.20. The number of nitrogens with one attached hydrogen (secondary N) is 1. The minimum atomic E-state index is -1.14. The van der Waals surface area contributed by atoms with E-state index in [2.05, 4.69) is 5.32 Å². The van der Waals surface area contributed by atoms with Crippen LogP contribution in [0.5, 0.6) is 11.5 Å². The molecule has 2 heterocycles. The number of anilines is 1. The molecule has 0 aromatic heterocycles. The fraction of sp³-hybridized carbons (Fsp3) is 0.238. The van der Waals surface area contributed by atoms with E-state index in [9.17, 15) is 19.2 Å². The van der Waals surface area contributed by atoms with Crippen LogP contribution in [0.15, 0.2) is 42.5 Å². The summed E-state index contributed by atoms with van der Waals surface area (Å²) in [4.78, 5) is 50.0. The molecule has 0 spiro atoms. The number of benzene rings is 2. The van der Waals surface area contributed by atoms with Crippen molar-refractivity contribution < 1.29 is 33.4 Å². The van der Waals surface area contributed by atoms with E-state index in [-0.39, 0.29) is 11.1 Å². The summed E-state index contributed by atoms with van der Waals surface area (Å²) in [5.74, 6) is -1.48. The SMILES string of the molecule is C[C@@H](OC(=O)CN1C(=O)c2ccccc2C1=O)C(=O)Nc1ccc2c(c1)OCCO2. The molecule has 2 aromatic carbocycles. The highest BCUT2D eigenvalue weighted by Crippen LogP contribution is 2.32. The Labute approximate surface area is 171 Å². The molecule has 30 heavy (non-hydrogen) atoms. The van der Waals surface area contributed by atoms with Crippen LogP contribution in [0.3, 0.4) is 0 Å². The van der Waals surface area contributed by atoms with Crippen LogP contribution >= 0.6 is 0 Å².